The van der Waals surface area contributed by atoms with Gasteiger partial charge < -0.3 is 10.6 Å². The van der Waals surface area contributed by atoms with Gasteiger partial charge in [0.25, 0.3) is 12.3 Å². The number of carbonyl (C=O) groups is 1. The van der Waals surface area contributed by atoms with Crippen molar-refractivity contribution >= 4 is 17.3 Å². The molecular weight excluding hydrogens is 209 g/mol. The summed E-state index contributed by atoms with van der Waals surface area (Å²) < 4.78 is 37.5. The molecule has 0 fully saturated rings. The van der Waals surface area contributed by atoms with E-state index in [4.69, 9.17) is 0 Å². The van der Waals surface area contributed by atoms with E-state index in [0.717, 1.165) is 12.1 Å². The smallest absolute Gasteiger partial charge is 0.267 e. The standard InChI is InChI=1S/C9H7F3N2O/c10-4-1-2-5-6(3-4)13-7(8(11)12)9(15)14-5/h1-3,7-8,13H,(H,14,15). The van der Waals surface area contributed by atoms with E-state index in [-0.39, 0.29) is 5.69 Å². The lowest BCUT2D eigenvalue weighted by Gasteiger charge is -2.25. The quantitative estimate of drug-likeness (QED) is 0.751. The van der Waals surface area contributed by atoms with Gasteiger partial charge in [0.15, 0.2) is 6.04 Å². The van der Waals surface area contributed by atoms with E-state index < -0.39 is 24.2 Å². The van der Waals surface area contributed by atoms with Crippen LogP contribution in [-0.4, -0.2) is 18.4 Å². The van der Waals surface area contributed by atoms with E-state index >= 15 is 0 Å². The average molecular weight is 216 g/mol. The Hall–Kier alpha value is -1.72. The van der Waals surface area contributed by atoms with Gasteiger partial charge in [-0.05, 0) is 18.2 Å². The SMILES string of the molecule is O=C1Nc2ccc(F)cc2NC1C(F)F. The van der Waals surface area contributed by atoms with E-state index in [1.165, 1.54) is 6.07 Å². The molecule has 0 saturated heterocycles. The summed E-state index contributed by atoms with van der Waals surface area (Å²) >= 11 is 0. The molecule has 1 unspecified atom stereocenters. The van der Waals surface area contributed by atoms with Gasteiger partial charge in [-0.2, -0.15) is 0 Å². The van der Waals surface area contributed by atoms with Gasteiger partial charge in [-0.3, -0.25) is 4.79 Å². The summed E-state index contributed by atoms with van der Waals surface area (Å²) in [5.74, 6) is -1.37. The minimum Gasteiger partial charge on any atom is -0.367 e. The summed E-state index contributed by atoms with van der Waals surface area (Å²) in [6.07, 6.45) is -2.83. The summed E-state index contributed by atoms with van der Waals surface area (Å²) in [7, 11) is 0. The van der Waals surface area contributed by atoms with E-state index in [2.05, 4.69) is 10.6 Å². The number of rotatable bonds is 1. The minimum absolute atomic E-state index is 0.167. The highest BCUT2D eigenvalue weighted by Crippen LogP contribution is 2.28. The molecule has 0 bridgehead atoms. The molecule has 1 atom stereocenters. The van der Waals surface area contributed by atoms with Crippen molar-refractivity contribution in [3.05, 3.63) is 24.0 Å². The molecule has 2 N–H and O–H groups in total. The molecule has 1 aliphatic heterocycles. The zero-order chi connectivity index (χ0) is 11.0. The highest BCUT2D eigenvalue weighted by molar-refractivity contribution is 6.03. The normalized spacial score (nSPS) is 19.5. The molecule has 2 rings (SSSR count). The van der Waals surface area contributed by atoms with Gasteiger partial charge in [-0.1, -0.05) is 0 Å². The summed E-state index contributed by atoms with van der Waals surface area (Å²) in [4.78, 5) is 11.1. The van der Waals surface area contributed by atoms with Crippen LogP contribution in [0.1, 0.15) is 0 Å². The number of carbonyl (C=O) groups excluding carboxylic acids is 1. The Balaban J connectivity index is 2.34. The van der Waals surface area contributed by atoms with Crippen LogP contribution in [0.15, 0.2) is 18.2 Å². The molecule has 1 aliphatic rings. The van der Waals surface area contributed by atoms with Gasteiger partial charge in [0.1, 0.15) is 5.82 Å². The molecule has 1 aromatic carbocycles. The maximum atomic E-state index is 12.8. The third kappa shape index (κ3) is 1.74. The molecule has 0 saturated carbocycles. The first-order chi connectivity index (χ1) is 7.08. The Morgan fingerprint density at radius 1 is 1.27 bits per heavy atom. The number of halogens is 3. The largest absolute Gasteiger partial charge is 0.367 e. The zero-order valence-corrected chi connectivity index (χ0v) is 7.43. The van der Waals surface area contributed by atoms with E-state index in [0.29, 0.717) is 5.69 Å². The van der Waals surface area contributed by atoms with Crippen LogP contribution in [0.2, 0.25) is 0 Å². The topological polar surface area (TPSA) is 41.1 Å². The van der Waals surface area contributed by atoms with Gasteiger partial charge in [-0.15, -0.1) is 0 Å². The van der Waals surface area contributed by atoms with Gasteiger partial charge in [0.05, 0.1) is 11.4 Å². The highest BCUT2D eigenvalue weighted by atomic mass is 19.3. The summed E-state index contributed by atoms with van der Waals surface area (Å²) in [6, 6.07) is 1.89. The molecule has 15 heavy (non-hydrogen) atoms. The third-order valence-electron chi connectivity index (χ3n) is 2.08. The van der Waals surface area contributed by atoms with Gasteiger partial charge in [-0.25, -0.2) is 13.2 Å². The van der Waals surface area contributed by atoms with Crippen LogP contribution in [-0.2, 0) is 4.79 Å². The lowest BCUT2D eigenvalue weighted by atomic mass is 10.1. The van der Waals surface area contributed by atoms with Crippen molar-refractivity contribution < 1.29 is 18.0 Å². The van der Waals surface area contributed by atoms with Crippen LogP contribution < -0.4 is 10.6 Å². The Bertz CT molecular complexity index is 408. The van der Waals surface area contributed by atoms with E-state index in [9.17, 15) is 18.0 Å². The first-order valence-corrected chi connectivity index (χ1v) is 4.23. The van der Waals surface area contributed by atoms with Gasteiger partial charge in [0.2, 0.25) is 0 Å². The van der Waals surface area contributed by atoms with Crippen molar-refractivity contribution in [1.82, 2.24) is 0 Å². The molecule has 6 heteroatoms. The molecule has 1 heterocycles. The van der Waals surface area contributed by atoms with Crippen LogP contribution in [0.25, 0.3) is 0 Å². The van der Waals surface area contributed by atoms with Crippen molar-refractivity contribution in [2.24, 2.45) is 0 Å². The number of benzene rings is 1. The first-order valence-electron chi connectivity index (χ1n) is 4.23. The Kier molecular flexibility index (Phi) is 2.26. The second-order valence-electron chi connectivity index (χ2n) is 3.14. The predicted molar refractivity (Wildman–Crippen MR) is 48.4 cm³/mol. The molecule has 0 radical (unpaired) electrons. The van der Waals surface area contributed by atoms with Crippen molar-refractivity contribution in [1.29, 1.82) is 0 Å². The number of hydrogen-bond acceptors (Lipinski definition) is 2. The third-order valence-corrected chi connectivity index (χ3v) is 2.08. The molecule has 1 amide bonds. The Morgan fingerprint density at radius 3 is 2.67 bits per heavy atom. The predicted octanol–water partition coefficient (Wildman–Crippen LogP) is 1.82. The molecule has 0 spiro atoms. The van der Waals surface area contributed by atoms with Gasteiger partial charge in [0, 0.05) is 0 Å². The molecule has 80 valence electrons. The monoisotopic (exact) mass is 216 g/mol. The lowest BCUT2D eigenvalue weighted by molar-refractivity contribution is -0.119. The number of anilines is 2. The summed E-state index contributed by atoms with van der Waals surface area (Å²) in [5.41, 5.74) is 0.471. The lowest BCUT2D eigenvalue weighted by Crippen LogP contribution is -2.43. The van der Waals surface area contributed by atoms with Crippen molar-refractivity contribution in [2.75, 3.05) is 10.6 Å². The summed E-state index contributed by atoms with van der Waals surface area (Å²) in [5, 5.41) is 4.56. The average Bonchev–Trinajstić information content (AvgIpc) is 2.17. The Morgan fingerprint density at radius 2 is 2.00 bits per heavy atom. The Labute approximate surface area is 83.3 Å². The first kappa shape index (κ1) is 9.82. The summed E-state index contributed by atoms with van der Waals surface area (Å²) in [6.45, 7) is 0. The van der Waals surface area contributed by atoms with Crippen molar-refractivity contribution in [3.8, 4) is 0 Å². The maximum Gasteiger partial charge on any atom is 0.267 e. The van der Waals surface area contributed by atoms with Crippen LogP contribution in [0.3, 0.4) is 0 Å². The number of fused-ring (bicyclic) bond motifs is 1. The fraction of sp³-hybridized carbons (Fsp3) is 0.222. The van der Waals surface area contributed by atoms with Crippen molar-refractivity contribution in [3.63, 3.8) is 0 Å². The van der Waals surface area contributed by atoms with E-state index in [1.54, 1.807) is 0 Å². The molecular formula is C9H7F3N2O. The van der Waals surface area contributed by atoms with Crippen LogP contribution in [0.5, 0.6) is 0 Å². The fourth-order valence-corrected chi connectivity index (χ4v) is 1.37. The number of amides is 1. The highest BCUT2D eigenvalue weighted by Gasteiger charge is 2.32. The molecule has 0 aromatic heterocycles. The second-order valence-corrected chi connectivity index (χ2v) is 3.14. The second kappa shape index (κ2) is 3.45. The van der Waals surface area contributed by atoms with Gasteiger partial charge >= 0.3 is 0 Å². The number of nitrogens with one attached hydrogen (secondary N) is 2. The van der Waals surface area contributed by atoms with Crippen LogP contribution in [0, 0.1) is 5.82 Å². The number of alkyl halides is 2. The molecule has 3 nitrogen and oxygen atoms in total. The van der Waals surface area contributed by atoms with Crippen LogP contribution in [0.4, 0.5) is 24.5 Å². The van der Waals surface area contributed by atoms with E-state index in [1.807, 2.05) is 0 Å². The molecule has 0 aliphatic carbocycles. The zero-order valence-electron chi connectivity index (χ0n) is 7.43. The molecule has 1 aromatic rings. The maximum absolute atomic E-state index is 12.8. The number of hydrogen-bond donors (Lipinski definition) is 2. The van der Waals surface area contributed by atoms with Crippen LogP contribution >= 0.6 is 0 Å². The fourth-order valence-electron chi connectivity index (χ4n) is 1.37. The minimum atomic E-state index is -2.83. The van der Waals surface area contributed by atoms with Crippen molar-refractivity contribution in [2.45, 2.75) is 12.5 Å².